The Kier molecular flexibility index (Phi) is 47.0. The van der Waals surface area contributed by atoms with Gasteiger partial charge in [0.2, 0.25) is 0 Å². The fraction of sp³-hybridized carbons (Fsp3) is 0.857. The number of unbranched alkanes of at least 4 members (excludes halogenated alkanes) is 31. The topological polar surface area (TPSA) is 111 Å². The number of hydrogen-bond acceptors (Lipinski definition) is 8. The first-order valence-electron chi connectivity index (χ1n) is 27.7. The number of phosphoric ester groups is 1. The average molecular weight is 952 g/mol. The maximum Gasteiger partial charge on any atom is 0.306 e. The van der Waals surface area contributed by atoms with E-state index >= 15 is 0 Å². The summed E-state index contributed by atoms with van der Waals surface area (Å²) in [7, 11) is 1.17. The summed E-state index contributed by atoms with van der Waals surface area (Å²) >= 11 is 0. The first-order valence-corrected chi connectivity index (χ1v) is 29.2. The summed E-state index contributed by atoms with van der Waals surface area (Å²) in [5, 5.41) is 0. The first-order chi connectivity index (χ1) is 32.0. The molecule has 0 aliphatic heterocycles. The molecular weight excluding hydrogens is 846 g/mol. The summed E-state index contributed by atoms with van der Waals surface area (Å²) in [6, 6.07) is 0. The highest BCUT2D eigenvalue weighted by Gasteiger charge is 2.21. The molecule has 0 aliphatic rings. The number of rotatable bonds is 51. The Morgan fingerprint density at radius 1 is 0.470 bits per heavy atom. The Balaban J connectivity index is 4.00. The molecule has 0 saturated heterocycles. The third kappa shape index (κ3) is 51.6. The zero-order valence-corrected chi connectivity index (χ0v) is 44.8. The van der Waals surface area contributed by atoms with Gasteiger partial charge < -0.3 is 27.9 Å². The molecule has 0 N–H and O–H groups in total. The van der Waals surface area contributed by atoms with Gasteiger partial charge in [-0.2, -0.15) is 0 Å². The third-order valence-electron chi connectivity index (χ3n) is 12.1. The van der Waals surface area contributed by atoms with Gasteiger partial charge >= 0.3 is 11.9 Å². The van der Waals surface area contributed by atoms with Crippen molar-refractivity contribution in [1.82, 2.24) is 0 Å². The number of quaternary nitrogens is 1. The highest BCUT2D eigenvalue weighted by Crippen LogP contribution is 2.38. The molecule has 0 aromatic rings. The van der Waals surface area contributed by atoms with Crippen LogP contribution in [0.25, 0.3) is 0 Å². The van der Waals surface area contributed by atoms with Crippen LogP contribution in [0.5, 0.6) is 0 Å². The second-order valence-electron chi connectivity index (χ2n) is 19.9. The van der Waals surface area contributed by atoms with E-state index in [0.717, 1.165) is 64.2 Å². The predicted molar refractivity (Wildman–Crippen MR) is 277 cm³/mol. The van der Waals surface area contributed by atoms with Crippen molar-refractivity contribution in [2.45, 2.75) is 264 Å². The Morgan fingerprint density at radius 3 is 1.26 bits per heavy atom. The summed E-state index contributed by atoms with van der Waals surface area (Å²) in [4.78, 5) is 37.6. The first kappa shape index (κ1) is 64.2. The molecular formula is C56H106NO8P. The van der Waals surface area contributed by atoms with Crippen LogP contribution in [0.1, 0.15) is 258 Å². The van der Waals surface area contributed by atoms with Gasteiger partial charge in [-0.15, -0.1) is 0 Å². The van der Waals surface area contributed by atoms with Gasteiger partial charge in [0.15, 0.2) is 6.10 Å². The lowest BCUT2D eigenvalue weighted by Crippen LogP contribution is -2.37. The van der Waals surface area contributed by atoms with Crippen molar-refractivity contribution in [3.05, 3.63) is 36.5 Å². The molecule has 2 atom stereocenters. The number of nitrogens with zero attached hydrogens (tertiary/aromatic N) is 1. The van der Waals surface area contributed by atoms with Crippen LogP contribution in [-0.2, 0) is 32.7 Å². The molecule has 0 aromatic heterocycles. The SMILES string of the molecule is CCCC/C=C\CCCCCCCC(=O)OCC(COP(=O)([O-])OCC[N+](C)(C)C)OC(=O)CCCCCCCCCCCCCCCCCCCCC/C=C\C/C=C\CCCCCCC. The van der Waals surface area contributed by atoms with Gasteiger partial charge in [0.1, 0.15) is 19.8 Å². The second kappa shape index (κ2) is 48.3. The molecule has 2 unspecified atom stereocenters. The second-order valence-corrected chi connectivity index (χ2v) is 21.4. The highest BCUT2D eigenvalue weighted by atomic mass is 31.2. The van der Waals surface area contributed by atoms with Crippen molar-refractivity contribution in [3.63, 3.8) is 0 Å². The summed E-state index contributed by atoms with van der Waals surface area (Å²) in [6.07, 6.45) is 57.8. The predicted octanol–water partition coefficient (Wildman–Crippen LogP) is 16.2. The van der Waals surface area contributed by atoms with E-state index in [4.69, 9.17) is 18.5 Å². The van der Waals surface area contributed by atoms with Crippen LogP contribution in [0.4, 0.5) is 0 Å². The van der Waals surface area contributed by atoms with E-state index in [-0.39, 0.29) is 26.1 Å². The zero-order valence-electron chi connectivity index (χ0n) is 43.9. The third-order valence-corrected chi connectivity index (χ3v) is 13.1. The lowest BCUT2D eigenvalue weighted by molar-refractivity contribution is -0.870. The number of allylic oxidation sites excluding steroid dienone is 6. The van der Waals surface area contributed by atoms with Gasteiger partial charge in [-0.05, 0) is 64.2 Å². The number of carbonyl (C=O) groups is 2. The minimum Gasteiger partial charge on any atom is -0.756 e. The molecule has 0 amide bonds. The minimum atomic E-state index is -4.63. The van der Waals surface area contributed by atoms with Gasteiger partial charge in [-0.25, -0.2) is 0 Å². The van der Waals surface area contributed by atoms with Gasteiger partial charge in [0, 0.05) is 12.8 Å². The number of carbonyl (C=O) groups excluding carboxylic acids is 2. The fourth-order valence-corrected chi connectivity index (χ4v) is 8.51. The largest absolute Gasteiger partial charge is 0.756 e. The maximum atomic E-state index is 12.7. The monoisotopic (exact) mass is 952 g/mol. The van der Waals surface area contributed by atoms with Crippen LogP contribution >= 0.6 is 7.82 Å². The molecule has 0 saturated carbocycles. The minimum absolute atomic E-state index is 0.0307. The molecule has 0 bridgehead atoms. The summed E-state index contributed by atoms with van der Waals surface area (Å²) < 4.78 is 34.0. The van der Waals surface area contributed by atoms with Crippen molar-refractivity contribution in [2.24, 2.45) is 0 Å². The summed E-state index contributed by atoms with van der Waals surface area (Å²) in [5.74, 6) is -0.836. The van der Waals surface area contributed by atoms with Crippen LogP contribution in [0.15, 0.2) is 36.5 Å². The van der Waals surface area contributed by atoms with Crippen LogP contribution < -0.4 is 4.89 Å². The van der Waals surface area contributed by atoms with Crippen molar-refractivity contribution in [3.8, 4) is 0 Å². The normalized spacial score (nSPS) is 13.6. The molecule has 388 valence electrons. The van der Waals surface area contributed by atoms with E-state index in [1.54, 1.807) is 0 Å². The quantitative estimate of drug-likeness (QED) is 0.0195. The Bertz CT molecular complexity index is 1210. The lowest BCUT2D eigenvalue weighted by Gasteiger charge is -2.28. The van der Waals surface area contributed by atoms with Crippen molar-refractivity contribution >= 4 is 19.8 Å². The van der Waals surface area contributed by atoms with Crippen molar-refractivity contribution in [1.29, 1.82) is 0 Å². The lowest BCUT2D eigenvalue weighted by atomic mass is 10.0. The fourth-order valence-electron chi connectivity index (χ4n) is 7.79. The standard InChI is InChI=1S/C56H106NO8P/c1-6-8-10-12-14-16-18-19-20-21-22-23-24-25-26-27-28-29-30-31-32-33-34-35-36-37-39-41-43-45-47-49-56(59)65-54(53-64-66(60,61)63-51-50-57(3,4)5)52-62-55(58)48-46-44-42-40-38-17-15-13-11-9-7-2/h13,15,18-19,21-22,54H,6-12,14,16-17,20,23-53H2,1-5H3/b15-13-,19-18-,22-21-. The molecule has 0 aromatic carbocycles. The molecule has 0 spiro atoms. The van der Waals surface area contributed by atoms with Crippen LogP contribution in [0.3, 0.4) is 0 Å². The Hall–Kier alpha value is -1.77. The van der Waals surface area contributed by atoms with Crippen LogP contribution in [0.2, 0.25) is 0 Å². The molecule has 0 radical (unpaired) electrons. The molecule has 0 heterocycles. The molecule has 9 nitrogen and oxygen atoms in total. The van der Waals surface area contributed by atoms with Crippen LogP contribution in [-0.4, -0.2) is 70.0 Å². The summed E-state index contributed by atoms with van der Waals surface area (Å²) in [5.41, 5.74) is 0. The van der Waals surface area contributed by atoms with E-state index in [2.05, 4.69) is 50.3 Å². The Labute approximate surface area is 408 Å². The van der Waals surface area contributed by atoms with E-state index in [1.165, 1.54) is 161 Å². The van der Waals surface area contributed by atoms with Gasteiger partial charge in [-0.1, -0.05) is 217 Å². The summed E-state index contributed by atoms with van der Waals surface area (Å²) in [6.45, 7) is 4.20. The molecule has 10 heteroatoms. The molecule has 66 heavy (non-hydrogen) atoms. The van der Waals surface area contributed by atoms with Gasteiger partial charge in [0.25, 0.3) is 7.82 Å². The van der Waals surface area contributed by atoms with E-state index in [0.29, 0.717) is 17.4 Å². The average Bonchev–Trinajstić information content (AvgIpc) is 3.27. The maximum absolute atomic E-state index is 12.7. The van der Waals surface area contributed by atoms with E-state index in [1.807, 2.05) is 21.1 Å². The van der Waals surface area contributed by atoms with Crippen molar-refractivity contribution in [2.75, 3.05) is 47.5 Å². The Morgan fingerprint density at radius 2 is 0.833 bits per heavy atom. The number of hydrogen-bond donors (Lipinski definition) is 0. The smallest absolute Gasteiger partial charge is 0.306 e. The number of likely N-dealkylation sites (N-methyl/N-ethyl adjacent to an activating group) is 1. The zero-order chi connectivity index (χ0) is 48.5. The van der Waals surface area contributed by atoms with Gasteiger partial charge in [0.05, 0.1) is 27.7 Å². The number of esters is 2. The number of phosphoric acid groups is 1. The molecule has 0 fully saturated rings. The van der Waals surface area contributed by atoms with Gasteiger partial charge in [-0.3, -0.25) is 14.2 Å². The van der Waals surface area contributed by atoms with Crippen LogP contribution in [0, 0.1) is 0 Å². The molecule has 0 aliphatic carbocycles. The highest BCUT2D eigenvalue weighted by molar-refractivity contribution is 7.45. The molecule has 0 rings (SSSR count). The number of ether oxygens (including phenoxy) is 2. The van der Waals surface area contributed by atoms with E-state index < -0.39 is 32.5 Å². The van der Waals surface area contributed by atoms with Crippen molar-refractivity contribution < 1.29 is 42.1 Å². The van der Waals surface area contributed by atoms with E-state index in [9.17, 15) is 19.0 Å².